The van der Waals surface area contributed by atoms with Crippen LogP contribution in [-0.2, 0) is 19.0 Å². The smallest absolute Gasteiger partial charge is 0.228 e. The van der Waals surface area contributed by atoms with Crippen molar-refractivity contribution in [2.24, 2.45) is 5.92 Å². The summed E-state index contributed by atoms with van der Waals surface area (Å²) in [6.45, 7) is 4.17. The Kier molecular flexibility index (Phi) is 3.06. The quantitative estimate of drug-likeness (QED) is 0.666. The van der Waals surface area contributed by atoms with Crippen LogP contribution in [0.2, 0.25) is 0 Å². The lowest BCUT2D eigenvalue weighted by molar-refractivity contribution is -0.188. The van der Waals surface area contributed by atoms with Gasteiger partial charge in [-0.1, -0.05) is 0 Å². The van der Waals surface area contributed by atoms with Crippen molar-refractivity contribution in [1.29, 1.82) is 0 Å². The number of carbonyl (C=O) groups is 1. The maximum absolute atomic E-state index is 12.2. The summed E-state index contributed by atoms with van der Waals surface area (Å²) in [5.74, 6) is -0.0621. The third-order valence-corrected chi connectivity index (χ3v) is 3.93. The first-order chi connectivity index (χ1) is 8.29. The van der Waals surface area contributed by atoms with Crippen molar-refractivity contribution < 1.29 is 19.0 Å². The summed E-state index contributed by atoms with van der Waals surface area (Å²) in [6.07, 6.45) is 2.46. The minimum atomic E-state index is -0.386. The number of ether oxygens (including phenoxy) is 3. The summed E-state index contributed by atoms with van der Waals surface area (Å²) >= 11 is 0. The minimum absolute atomic E-state index is 0.0782. The highest BCUT2D eigenvalue weighted by atomic mass is 16.7. The molecule has 0 aromatic heterocycles. The van der Waals surface area contributed by atoms with Gasteiger partial charge >= 0.3 is 0 Å². The molecule has 3 fully saturated rings. The van der Waals surface area contributed by atoms with Crippen molar-refractivity contribution in [2.75, 3.05) is 39.5 Å². The second-order valence-electron chi connectivity index (χ2n) is 4.99. The molecule has 5 heteroatoms. The van der Waals surface area contributed by atoms with E-state index in [0.717, 1.165) is 39.0 Å². The van der Waals surface area contributed by atoms with Gasteiger partial charge in [-0.05, 0) is 6.42 Å². The van der Waals surface area contributed by atoms with Gasteiger partial charge in [0.25, 0.3) is 0 Å². The van der Waals surface area contributed by atoms with Crippen LogP contribution in [0.5, 0.6) is 0 Å². The summed E-state index contributed by atoms with van der Waals surface area (Å²) < 4.78 is 16.6. The highest BCUT2D eigenvalue weighted by Gasteiger charge is 2.41. The number of hydrogen-bond donors (Lipinski definition) is 0. The molecule has 3 aliphatic heterocycles. The molecule has 3 aliphatic rings. The van der Waals surface area contributed by atoms with Crippen molar-refractivity contribution in [3.8, 4) is 0 Å². The SMILES string of the molecule is O=C(C1CCOC1)N1CCC2(CC1)OCCO2. The van der Waals surface area contributed by atoms with Crippen LogP contribution in [-0.4, -0.2) is 56.1 Å². The van der Waals surface area contributed by atoms with Gasteiger partial charge in [-0.3, -0.25) is 4.79 Å². The number of hydrogen-bond acceptors (Lipinski definition) is 4. The number of amides is 1. The first-order valence-electron chi connectivity index (χ1n) is 6.44. The first-order valence-corrected chi connectivity index (χ1v) is 6.44. The molecule has 1 atom stereocenters. The van der Waals surface area contributed by atoms with Crippen molar-refractivity contribution in [3.63, 3.8) is 0 Å². The molecule has 0 aromatic carbocycles. The molecule has 0 radical (unpaired) electrons. The number of nitrogens with zero attached hydrogens (tertiary/aromatic N) is 1. The lowest BCUT2D eigenvalue weighted by atomic mass is 10.0. The predicted molar refractivity (Wildman–Crippen MR) is 59.4 cm³/mol. The number of piperidine rings is 1. The van der Waals surface area contributed by atoms with E-state index in [-0.39, 0.29) is 17.6 Å². The molecule has 0 bridgehead atoms. The molecule has 1 unspecified atom stereocenters. The molecule has 5 nitrogen and oxygen atoms in total. The molecule has 17 heavy (non-hydrogen) atoms. The Morgan fingerprint density at radius 2 is 1.82 bits per heavy atom. The molecule has 3 rings (SSSR count). The van der Waals surface area contributed by atoms with Crippen molar-refractivity contribution >= 4 is 5.91 Å². The van der Waals surface area contributed by atoms with Crippen LogP contribution in [0.1, 0.15) is 19.3 Å². The Labute approximate surface area is 101 Å². The summed E-state index contributed by atoms with van der Waals surface area (Å²) in [5, 5.41) is 0. The van der Waals surface area contributed by atoms with Crippen molar-refractivity contribution in [3.05, 3.63) is 0 Å². The monoisotopic (exact) mass is 241 g/mol. The third-order valence-electron chi connectivity index (χ3n) is 3.93. The molecule has 0 aliphatic carbocycles. The number of rotatable bonds is 1. The lowest BCUT2D eigenvalue weighted by Crippen LogP contribution is -2.49. The van der Waals surface area contributed by atoms with Gasteiger partial charge in [0.05, 0.1) is 25.7 Å². The van der Waals surface area contributed by atoms with Crippen LogP contribution in [0, 0.1) is 5.92 Å². The summed E-state index contributed by atoms with van der Waals surface area (Å²) in [4.78, 5) is 14.1. The first kappa shape index (κ1) is 11.4. The lowest BCUT2D eigenvalue weighted by Gasteiger charge is -2.38. The van der Waals surface area contributed by atoms with E-state index >= 15 is 0 Å². The summed E-state index contributed by atoms with van der Waals surface area (Å²) in [5.41, 5.74) is 0. The van der Waals surface area contributed by atoms with Crippen LogP contribution in [0.25, 0.3) is 0 Å². The van der Waals surface area contributed by atoms with Crippen LogP contribution in [0.4, 0.5) is 0 Å². The van der Waals surface area contributed by atoms with Gasteiger partial charge in [0, 0.05) is 32.5 Å². The van der Waals surface area contributed by atoms with Crippen molar-refractivity contribution in [2.45, 2.75) is 25.0 Å². The molecule has 3 saturated heterocycles. The highest BCUT2D eigenvalue weighted by molar-refractivity contribution is 5.79. The van der Waals surface area contributed by atoms with E-state index in [2.05, 4.69) is 0 Å². The largest absolute Gasteiger partial charge is 0.381 e. The third kappa shape index (κ3) is 2.19. The van der Waals surface area contributed by atoms with Gasteiger partial charge in [0.15, 0.2) is 5.79 Å². The standard InChI is InChI=1S/C12H19NO4/c14-11(10-1-6-15-9-10)13-4-2-12(3-5-13)16-7-8-17-12/h10H,1-9H2. The molecule has 3 heterocycles. The topological polar surface area (TPSA) is 48.0 Å². The fourth-order valence-corrected chi connectivity index (χ4v) is 2.84. The maximum atomic E-state index is 12.2. The zero-order chi connectivity index (χ0) is 11.7. The van der Waals surface area contributed by atoms with Gasteiger partial charge in [-0.15, -0.1) is 0 Å². The molecular formula is C12H19NO4. The molecule has 0 N–H and O–H groups in total. The Bertz CT molecular complexity index is 285. The maximum Gasteiger partial charge on any atom is 0.228 e. The highest BCUT2D eigenvalue weighted by Crippen LogP contribution is 2.32. The average Bonchev–Trinajstić information content (AvgIpc) is 3.01. The molecular weight excluding hydrogens is 222 g/mol. The molecule has 96 valence electrons. The second-order valence-corrected chi connectivity index (χ2v) is 4.99. The molecule has 0 saturated carbocycles. The zero-order valence-corrected chi connectivity index (χ0v) is 10.0. The van der Waals surface area contributed by atoms with E-state index in [1.54, 1.807) is 0 Å². The normalized spacial score (nSPS) is 32.2. The zero-order valence-electron chi connectivity index (χ0n) is 10.0. The Balaban J connectivity index is 1.55. The van der Waals surface area contributed by atoms with Crippen LogP contribution in [0.15, 0.2) is 0 Å². The molecule has 1 amide bonds. The van der Waals surface area contributed by atoms with E-state index in [1.807, 2.05) is 4.90 Å². The summed E-state index contributed by atoms with van der Waals surface area (Å²) in [7, 11) is 0. The molecule has 1 spiro atoms. The van der Waals surface area contributed by atoms with Crippen LogP contribution >= 0.6 is 0 Å². The predicted octanol–water partition coefficient (Wildman–Crippen LogP) is 0.388. The Morgan fingerprint density at radius 1 is 1.12 bits per heavy atom. The van der Waals surface area contributed by atoms with E-state index < -0.39 is 0 Å². The summed E-state index contributed by atoms with van der Waals surface area (Å²) in [6, 6.07) is 0. The van der Waals surface area contributed by atoms with E-state index in [4.69, 9.17) is 14.2 Å². The van der Waals surface area contributed by atoms with Gasteiger partial charge in [0.1, 0.15) is 0 Å². The van der Waals surface area contributed by atoms with E-state index in [1.165, 1.54) is 0 Å². The Hall–Kier alpha value is -0.650. The Morgan fingerprint density at radius 3 is 2.41 bits per heavy atom. The average molecular weight is 241 g/mol. The van der Waals surface area contributed by atoms with Gasteiger partial charge in [-0.2, -0.15) is 0 Å². The van der Waals surface area contributed by atoms with E-state index in [9.17, 15) is 4.79 Å². The fourth-order valence-electron chi connectivity index (χ4n) is 2.84. The molecule has 0 aromatic rings. The van der Waals surface area contributed by atoms with Gasteiger partial charge in [-0.25, -0.2) is 0 Å². The van der Waals surface area contributed by atoms with Gasteiger partial charge in [0.2, 0.25) is 5.91 Å². The number of likely N-dealkylation sites (tertiary alicyclic amines) is 1. The fraction of sp³-hybridized carbons (Fsp3) is 0.917. The minimum Gasteiger partial charge on any atom is -0.381 e. The second kappa shape index (κ2) is 4.55. The number of carbonyl (C=O) groups excluding carboxylic acids is 1. The van der Waals surface area contributed by atoms with Gasteiger partial charge < -0.3 is 19.1 Å². The van der Waals surface area contributed by atoms with Crippen LogP contribution < -0.4 is 0 Å². The van der Waals surface area contributed by atoms with Crippen molar-refractivity contribution in [1.82, 2.24) is 4.90 Å². The van der Waals surface area contributed by atoms with E-state index in [0.29, 0.717) is 19.8 Å². The van der Waals surface area contributed by atoms with Crippen LogP contribution in [0.3, 0.4) is 0 Å².